The minimum Gasteiger partial charge on any atom is -0.395 e. The van der Waals surface area contributed by atoms with Gasteiger partial charge >= 0.3 is 0 Å². The predicted octanol–water partition coefficient (Wildman–Crippen LogP) is 1.55. The number of nitrogen functional groups attached to an aromatic ring is 1. The standard InChI is InChI=1S/C12H18FN3/c1-15-6-3-7-16(9-8-15)11-5-2-4-10(13)12(11)14/h2,4-5H,3,6-9,14H2,1H3. The smallest absolute Gasteiger partial charge is 0.148 e. The largest absolute Gasteiger partial charge is 0.395 e. The van der Waals surface area contributed by atoms with Gasteiger partial charge in [0.05, 0.1) is 11.4 Å². The number of halogens is 1. The normalized spacial score (nSPS) is 18.5. The minimum absolute atomic E-state index is 0.270. The Bertz CT molecular complexity index is 367. The van der Waals surface area contributed by atoms with Crippen LogP contribution in [0.25, 0.3) is 0 Å². The highest BCUT2D eigenvalue weighted by atomic mass is 19.1. The molecule has 3 nitrogen and oxygen atoms in total. The molecule has 1 aliphatic rings. The summed E-state index contributed by atoms with van der Waals surface area (Å²) in [5.41, 5.74) is 6.87. The summed E-state index contributed by atoms with van der Waals surface area (Å²) in [6.45, 7) is 3.93. The third kappa shape index (κ3) is 2.27. The highest BCUT2D eigenvalue weighted by molar-refractivity contribution is 5.68. The average Bonchev–Trinajstić information content (AvgIpc) is 2.47. The summed E-state index contributed by atoms with van der Waals surface area (Å²) in [4.78, 5) is 4.46. The van der Waals surface area contributed by atoms with E-state index >= 15 is 0 Å². The first-order valence-electron chi connectivity index (χ1n) is 5.66. The van der Waals surface area contributed by atoms with Gasteiger partial charge in [-0.15, -0.1) is 0 Å². The number of benzene rings is 1. The van der Waals surface area contributed by atoms with Gasteiger partial charge in [-0.1, -0.05) is 6.07 Å². The molecular weight excluding hydrogens is 205 g/mol. The van der Waals surface area contributed by atoms with E-state index in [1.165, 1.54) is 6.07 Å². The fraction of sp³-hybridized carbons (Fsp3) is 0.500. The topological polar surface area (TPSA) is 32.5 Å². The summed E-state index contributed by atoms with van der Waals surface area (Å²) in [5.74, 6) is -0.324. The zero-order valence-electron chi connectivity index (χ0n) is 9.62. The van der Waals surface area contributed by atoms with Crippen molar-refractivity contribution in [2.45, 2.75) is 6.42 Å². The second-order valence-electron chi connectivity index (χ2n) is 4.32. The van der Waals surface area contributed by atoms with E-state index in [1.54, 1.807) is 6.07 Å². The van der Waals surface area contributed by atoms with E-state index in [0.717, 1.165) is 38.3 Å². The lowest BCUT2D eigenvalue weighted by Crippen LogP contribution is -2.29. The molecule has 0 aliphatic carbocycles. The molecule has 0 unspecified atom stereocenters. The maximum Gasteiger partial charge on any atom is 0.148 e. The van der Waals surface area contributed by atoms with Crippen molar-refractivity contribution in [3.05, 3.63) is 24.0 Å². The fourth-order valence-corrected chi connectivity index (χ4v) is 2.09. The molecule has 88 valence electrons. The quantitative estimate of drug-likeness (QED) is 0.733. The number of rotatable bonds is 1. The van der Waals surface area contributed by atoms with Crippen LogP contribution in [0.4, 0.5) is 15.8 Å². The fourth-order valence-electron chi connectivity index (χ4n) is 2.09. The van der Waals surface area contributed by atoms with Crippen LogP contribution in [0.3, 0.4) is 0 Å². The minimum atomic E-state index is -0.324. The summed E-state index contributed by atoms with van der Waals surface area (Å²) in [6.07, 6.45) is 1.09. The number of nitrogens with zero attached hydrogens (tertiary/aromatic N) is 2. The van der Waals surface area contributed by atoms with Gasteiger partial charge in [0, 0.05) is 19.6 Å². The number of hydrogen-bond acceptors (Lipinski definition) is 3. The lowest BCUT2D eigenvalue weighted by atomic mass is 10.2. The van der Waals surface area contributed by atoms with Gasteiger partial charge in [-0.3, -0.25) is 0 Å². The molecule has 0 bridgehead atoms. The second kappa shape index (κ2) is 4.70. The Morgan fingerprint density at radius 2 is 2.00 bits per heavy atom. The van der Waals surface area contributed by atoms with Crippen molar-refractivity contribution in [3.63, 3.8) is 0 Å². The molecule has 0 saturated carbocycles. The monoisotopic (exact) mass is 223 g/mol. The zero-order chi connectivity index (χ0) is 11.5. The molecule has 0 radical (unpaired) electrons. The Balaban J connectivity index is 2.20. The first-order valence-corrected chi connectivity index (χ1v) is 5.66. The maximum atomic E-state index is 13.4. The van der Waals surface area contributed by atoms with Gasteiger partial charge in [-0.25, -0.2) is 4.39 Å². The van der Waals surface area contributed by atoms with Crippen LogP contribution >= 0.6 is 0 Å². The lowest BCUT2D eigenvalue weighted by Gasteiger charge is -2.24. The van der Waals surface area contributed by atoms with E-state index in [4.69, 9.17) is 5.73 Å². The predicted molar refractivity (Wildman–Crippen MR) is 65.1 cm³/mol. The van der Waals surface area contributed by atoms with Crippen LogP contribution in [0.2, 0.25) is 0 Å². The summed E-state index contributed by atoms with van der Waals surface area (Å²) in [7, 11) is 2.11. The number of anilines is 2. The third-order valence-corrected chi connectivity index (χ3v) is 3.09. The SMILES string of the molecule is CN1CCCN(c2cccc(F)c2N)CC1. The van der Waals surface area contributed by atoms with Crippen LogP contribution in [0.15, 0.2) is 18.2 Å². The average molecular weight is 223 g/mol. The molecular formula is C12H18FN3. The molecule has 1 fully saturated rings. The first kappa shape index (κ1) is 11.2. The van der Waals surface area contributed by atoms with Crippen molar-refractivity contribution in [1.29, 1.82) is 0 Å². The highest BCUT2D eigenvalue weighted by Crippen LogP contribution is 2.26. The molecule has 2 N–H and O–H groups in total. The van der Waals surface area contributed by atoms with Crippen molar-refractivity contribution >= 4 is 11.4 Å². The van der Waals surface area contributed by atoms with E-state index in [9.17, 15) is 4.39 Å². The van der Waals surface area contributed by atoms with Gasteiger partial charge in [-0.05, 0) is 32.1 Å². The van der Waals surface area contributed by atoms with Gasteiger partial charge in [0.1, 0.15) is 5.82 Å². The molecule has 1 saturated heterocycles. The van der Waals surface area contributed by atoms with Gasteiger partial charge in [-0.2, -0.15) is 0 Å². The molecule has 0 amide bonds. The molecule has 1 heterocycles. The second-order valence-corrected chi connectivity index (χ2v) is 4.32. The van der Waals surface area contributed by atoms with Crippen LogP contribution in [-0.4, -0.2) is 38.1 Å². The van der Waals surface area contributed by atoms with Crippen molar-refractivity contribution in [1.82, 2.24) is 4.90 Å². The maximum absolute atomic E-state index is 13.4. The third-order valence-electron chi connectivity index (χ3n) is 3.09. The van der Waals surface area contributed by atoms with Crippen molar-refractivity contribution in [3.8, 4) is 0 Å². The number of nitrogens with two attached hydrogens (primary N) is 1. The molecule has 4 heteroatoms. The molecule has 0 atom stereocenters. The summed E-state index contributed by atoms with van der Waals surface area (Å²) >= 11 is 0. The van der Waals surface area contributed by atoms with Crippen molar-refractivity contribution in [2.24, 2.45) is 0 Å². The van der Waals surface area contributed by atoms with Gasteiger partial charge < -0.3 is 15.5 Å². The van der Waals surface area contributed by atoms with Gasteiger partial charge in [0.25, 0.3) is 0 Å². The Kier molecular flexibility index (Phi) is 3.29. The number of para-hydroxylation sites is 1. The summed E-state index contributed by atoms with van der Waals surface area (Å²) in [6, 6.07) is 5.02. The highest BCUT2D eigenvalue weighted by Gasteiger charge is 2.15. The lowest BCUT2D eigenvalue weighted by molar-refractivity contribution is 0.360. The molecule has 2 rings (SSSR count). The molecule has 1 aromatic rings. The number of likely N-dealkylation sites (N-methyl/N-ethyl adjacent to an activating group) is 1. The molecule has 0 aromatic heterocycles. The Labute approximate surface area is 95.6 Å². The van der Waals surface area contributed by atoms with Crippen LogP contribution in [0.1, 0.15) is 6.42 Å². The molecule has 1 aromatic carbocycles. The Hall–Kier alpha value is -1.29. The Morgan fingerprint density at radius 1 is 1.19 bits per heavy atom. The summed E-state index contributed by atoms with van der Waals surface area (Å²) in [5, 5.41) is 0. The van der Waals surface area contributed by atoms with Crippen molar-refractivity contribution in [2.75, 3.05) is 43.9 Å². The van der Waals surface area contributed by atoms with E-state index < -0.39 is 0 Å². The zero-order valence-corrected chi connectivity index (χ0v) is 9.62. The van der Waals surface area contributed by atoms with E-state index in [2.05, 4.69) is 16.8 Å². The van der Waals surface area contributed by atoms with Crippen LogP contribution in [0.5, 0.6) is 0 Å². The van der Waals surface area contributed by atoms with Crippen molar-refractivity contribution < 1.29 is 4.39 Å². The Morgan fingerprint density at radius 3 is 2.81 bits per heavy atom. The van der Waals surface area contributed by atoms with Crippen LogP contribution in [0, 0.1) is 5.82 Å². The van der Waals surface area contributed by atoms with Gasteiger partial charge in [0.15, 0.2) is 0 Å². The van der Waals surface area contributed by atoms with E-state index in [0.29, 0.717) is 0 Å². The van der Waals surface area contributed by atoms with Gasteiger partial charge in [0.2, 0.25) is 0 Å². The van der Waals surface area contributed by atoms with E-state index in [-0.39, 0.29) is 11.5 Å². The van der Waals surface area contributed by atoms with Crippen LogP contribution in [-0.2, 0) is 0 Å². The number of hydrogen-bond donors (Lipinski definition) is 1. The molecule has 16 heavy (non-hydrogen) atoms. The van der Waals surface area contributed by atoms with Crippen LogP contribution < -0.4 is 10.6 Å². The first-order chi connectivity index (χ1) is 7.68. The summed E-state index contributed by atoms with van der Waals surface area (Å²) < 4.78 is 13.4. The molecule has 1 aliphatic heterocycles. The molecule has 0 spiro atoms. The van der Waals surface area contributed by atoms with E-state index in [1.807, 2.05) is 6.07 Å².